The van der Waals surface area contributed by atoms with Crippen molar-refractivity contribution in [2.24, 2.45) is 0 Å². The molecule has 7 heteroatoms. The molecule has 0 unspecified atom stereocenters. The maximum Gasteiger partial charge on any atom is 0.315 e. The Balaban J connectivity index is 1.51. The standard InChI is InChI=1S/C19H20ClN3O3/c1-26-17-8-6-16(7-9-17)23-12-15(10-18(23)24)22-19(25)21-11-13-2-4-14(20)5-3-13/h2-9,15H,10-12H2,1H3,(H2,21,22,25)/t15-/m0/s1. The topological polar surface area (TPSA) is 70.7 Å². The van der Waals surface area contributed by atoms with Gasteiger partial charge in [-0.25, -0.2) is 4.79 Å². The quantitative estimate of drug-likeness (QED) is 0.846. The van der Waals surface area contributed by atoms with E-state index in [2.05, 4.69) is 10.6 Å². The van der Waals surface area contributed by atoms with Crippen molar-refractivity contribution in [1.29, 1.82) is 0 Å². The lowest BCUT2D eigenvalue weighted by Gasteiger charge is -2.17. The molecule has 3 amide bonds. The molecule has 2 aromatic carbocycles. The van der Waals surface area contributed by atoms with E-state index in [1.54, 1.807) is 24.1 Å². The van der Waals surface area contributed by atoms with Gasteiger partial charge in [-0.05, 0) is 42.0 Å². The fourth-order valence-electron chi connectivity index (χ4n) is 2.84. The highest BCUT2D eigenvalue weighted by Gasteiger charge is 2.31. The van der Waals surface area contributed by atoms with Gasteiger partial charge in [0.05, 0.1) is 13.2 Å². The number of benzene rings is 2. The van der Waals surface area contributed by atoms with Gasteiger partial charge in [0.1, 0.15) is 5.75 Å². The Morgan fingerprint density at radius 1 is 1.19 bits per heavy atom. The number of hydrogen-bond acceptors (Lipinski definition) is 3. The van der Waals surface area contributed by atoms with Crippen molar-refractivity contribution in [1.82, 2.24) is 10.6 Å². The average Bonchev–Trinajstić information content (AvgIpc) is 3.01. The number of methoxy groups -OCH3 is 1. The zero-order valence-corrected chi connectivity index (χ0v) is 15.1. The molecule has 6 nitrogen and oxygen atoms in total. The number of carbonyl (C=O) groups excluding carboxylic acids is 2. The molecule has 2 aromatic rings. The van der Waals surface area contributed by atoms with Crippen molar-refractivity contribution in [3.8, 4) is 5.75 Å². The largest absolute Gasteiger partial charge is 0.497 e. The predicted octanol–water partition coefficient (Wildman–Crippen LogP) is 2.95. The van der Waals surface area contributed by atoms with Crippen LogP contribution in [-0.2, 0) is 11.3 Å². The van der Waals surface area contributed by atoms with Crippen LogP contribution in [0.25, 0.3) is 0 Å². The van der Waals surface area contributed by atoms with Crippen molar-refractivity contribution in [2.45, 2.75) is 19.0 Å². The summed E-state index contributed by atoms with van der Waals surface area (Å²) in [6.07, 6.45) is 0.278. The number of halogens is 1. The first-order valence-corrected chi connectivity index (χ1v) is 8.66. The lowest BCUT2D eigenvalue weighted by Crippen LogP contribution is -2.43. The van der Waals surface area contributed by atoms with Crippen LogP contribution < -0.4 is 20.3 Å². The molecule has 1 aliphatic heterocycles. The van der Waals surface area contributed by atoms with E-state index in [4.69, 9.17) is 16.3 Å². The molecule has 0 aromatic heterocycles. The summed E-state index contributed by atoms with van der Waals surface area (Å²) in [6, 6.07) is 14.0. The van der Waals surface area contributed by atoms with Crippen molar-refractivity contribution < 1.29 is 14.3 Å². The van der Waals surface area contributed by atoms with Gasteiger partial charge in [0.15, 0.2) is 0 Å². The molecule has 1 aliphatic rings. The van der Waals surface area contributed by atoms with Gasteiger partial charge in [-0.2, -0.15) is 0 Å². The fourth-order valence-corrected chi connectivity index (χ4v) is 2.96. The molecular formula is C19H20ClN3O3. The van der Waals surface area contributed by atoms with E-state index in [1.165, 1.54) is 0 Å². The summed E-state index contributed by atoms with van der Waals surface area (Å²) in [5, 5.41) is 6.29. The van der Waals surface area contributed by atoms with E-state index in [-0.39, 0.29) is 24.4 Å². The number of carbonyl (C=O) groups is 2. The normalized spacial score (nSPS) is 16.5. The van der Waals surface area contributed by atoms with Crippen LogP contribution in [0.5, 0.6) is 5.75 Å². The molecule has 0 radical (unpaired) electrons. The van der Waals surface area contributed by atoms with Crippen LogP contribution in [0.4, 0.5) is 10.5 Å². The summed E-state index contributed by atoms with van der Waals surface area (Å²) in [7, 11) is 1.60. The first kappa shape index (κ1) is 18.1. The van der Waals surface area contributed by atoms with Crippen LogP contribution in [0, 0.1) is 0 Å². The highest BCUT2D eigenvalue weighted by molar-refractivity contribution is 6.30. The number of nitrogens with one attached hydrogen (secondary N) is 2. The van der Waals surface area contributed by atoms with E-state index in [9.17, 15) is 9.59 Å². The van der Waals surface area contributed by atoms with E-state index in [0.29, 0.717) is 18.1 Å². The molecule has 0 bridgehead atoms. The van der Waals surface area contributed by atoms with Crippen LogP contribution >= 0.6 is 11.6 Å². The van der Waals surface area contributed by atoms with E-state index < -0.39 is 0 Å². The summed E-state index contributed by atoms with van der Waals surface area (Å²) in [5.41, 5.74) is 1.74. The smallest absolute Gasteiger partial charge is 0.315 e. The minimum Gasteiger partial charge on any atom is -0.497 e. The summed E-state index contributed by atoms with van der Waals surface area (Å²) in [4.78, 5) is 26.0. The van der Waals surface area contributed by atoms with Gasteiger partial charge < -0.3 is 20.3 Å². The third kappa shape index (κ3) is 4.46. The van der Waals surface area contributed by atoms with E-state index >= 15 is 0 Å². The molecule has 3 rings (SSSR count). The zero-order valence-electron chi connectivity index (χ0n) is 14.4. The van der Waals surface area contributed by atoms with Gasteiger partial charge in [-0.3, -0.25) is 4.79 Å². The molecular weight excluding hydrogens is 354 g/mol. The Hall–Kier alpha value is -2.73. The monoisotopic (exact) mass is 373 g/mol. The minimum atomic E-state index is -0.297. The van der Waals surface area contributed by atoms with Crippen molar-refractivity contribution in [3.05, 3.63) is 59.1 Å². The SMILES string of the molecule is COc1ccc(N2C[C@@H](NC(=O)NCc3ccc(Cl)cc3)CC2=O)cc1. The summed E-state index contributed by atoms with van der Waals surface area (Å²) in [5.74, 6) is 0.717. The number of anilines is 1. The van der Waals surface area contributed by atoms with Gasteiger partial charge in [-0.1, -0.05) is 23.7 Å². The zero-order chi connectivity index (χ0) is 18.5. The minimum absolute atomic E-state index is 0.0156. The second-order valence-electron chi connectivity index (χ2n) is 6.06. The number of amides is 3. The highest BCUT2D eigenvalue weighted by atomic mass is 35.5. The summed E-state index contributed by atoms with van der Waals surface area (Å²) < 4.78 is 5.13. The Labute approximate surface area is 157 Å². The van der Waals surface area contributed by atoms with Gasteiger partial charge in [0.25, 0.3) is 0 Å². The molecule has 1 heterocycles. The van der Waals surface area contributed by atoms with Crippen molar-refractivity contribution in [2.75, 3.05) is 18.6 Å². The number of urea groups is 1. The van der Waals surface area contributed by atoms with Gasteiger partial charge in [0.2, 0.25) is 5.91 Å². The third-order valence-electron chi connectivity index (χ3n) is 4.21. The van der Waals surface area contributed by atoms with Crippen LogP contribution in [0.2, 0.25) is 5.02 Å². The Morgan fingerprint density at radius 3 is 2.54 bits per heavy atom. The molecule has 0 aliphatic carbocycles. The summed E-state index contributed by atoms with van der Waals surface area (Å²) >= 11 is 5.84. The Morgan fingerprint density at radius 2 is 1.88 bits per heavy atom. The first-order valence-electron chi connectivity index (χ1n) is 8.28. The number of rotatable bonds is 5. The molecule has 26 heavy (non-hydrogen) atoms. The van der Waals surface area contributed by atoms with Gasteiger partial charge in [0, 0.05) is 30.2 Å². The van der Waals surface area contributed by atoms with E-state index in [1.807, 2.05) is 36.4 Å². The lowest BCUT2D eigenvalue weighted by atomic mass is 10.2. The van der Waals surface area contributed by atoms with Gasteiger partial charge >= 0.3 is 6.03 Å². The maximum atomic E-state index is 12.2. The van der Waals surface area contributed by atoms with Crippen LogP contribution in [0.1, 0.15) is 12.0 Å². The average molecular weight is 374 g/mol. The van der Waals surface area contributed by atoms with Crippen molar-refractivity contribution in [3.63, 3.8) is 0 Å². The molecule has 1 fully saturated rings. The van der Waals surface area contributed by atoms with Crippen molar-refractivity contribution >= 4 is 29.2 Å². The summed E-state index contributed by atoms with van der Waals surface area (Å²) in [6.45, 7) is 0.839. The third-order valence-corrected chi connectivity index (χ3v) is 4.46. The molecule has 1 atom stereocenters. The second kappa shape index (κ2) is 8.10. The Bertz CT molecular complexity index is 778. The second-order valence-corrected chi connectivity index (χ2v) is 6.49. The van der Waals surface area contributed by atoms with E-state index in [0.717, 1.165) is 17.0 Å². The fraction of sp³-hybridized carbons (Fsp3) is 0.263. The number of nitrogens with zero attached hydrogens (tertiary/aromatic N) is 1. The number of hydrogen-bond donors (Lipinski definition) is 2. The van der Waals surface area contributed by atoms with Crippen LogP contribution in [-0.4, -0.2) is 31.6 Å². The Kier molecular flexibility index (Phi) is 5.63. The van der Waals surface area contributed by atoms with Crippen LogP contribution in [0.3, 0.4) is 0 Å². The van der Waals surface area contributed by atoms with Gasteiger partial charge in [-0.15, -0.1) is 0 Å². The molecule has 0 saturated carbocycles. The maximum absolute atomic E-state index is 12.2. The first-order chi connectivity index (χ1) is 12.5. The molecule has 1 saturated heterocycles. The predicted molar refractivity (Wildman–Crippen MR) is 101 cm³/mol. The molecule has 2 N–H and O–H groups in total. The number of ether oxygens (including phenoxy) is 1. The molecule has 136 valence electrons. The van der Waals surface area contributed by atoms with Crippen LogP contribution in [0.15, 0.2) is 48.5 Å². The molecule has 0 spiro atoms. The lowest BCUT2D eigenvalue weighted by molar-refractivity contribution is -0.117. The highest BCUT2D eigenvalue weighted by Crippen LogP contribution is 2.24.